The predicted molar refractivity (Wildman–Crippen MR) is 77.8 cm³/mol. The van der Waals surface area contributed by atoms with Crippen LogP contribution in [-0.4, -0.2) is 22.1 Å². The van der Waals surface area contributed by atoms with E-state index in [1.54, 1.807) is 19.2 Å². The molecule has 0 aliphatic heterocycles. The molecule has 0 aromatic carbocycles. The van der Waals surface area contributed by atoms with Crippen molar-refractivity contribution in [1.29, 1.82) is 0 Å². The van der Waals surface area contributed by atoms with Crippen LogP contribution >= 0.6 is 0 Å². The summed E-state index contributed by atoms with van der Waals surface area (Å²) in [7, 11) is 0. The number of anilines is 1. The van der Waals surface area contributed by atoms with Crippen LogP contribution in [0.15, 0.2) is 12.3 Å². The highest BCUT2D eigenvalue weighted by Gasteiger charge is 2.15. The Labute approximate surface area is 115 Å². The van der Waals surface area contributed by atoms with Crippen molar-refractivity contribution in [2.75, 3.05) is 5.32 Å². The molecule has 1 unspecified atom stereocenters. The molecule has 0 aliphatic carbocycles. The molecular formula is C15H24N2O2. The third kappa shape index (κ3) is 4.89. The van der Waals surface area contributed by atoms with Crippen molar-refractivity contribution in [1.82, 2.24) is 4.98 Å². The molecule has 19 heavy (non-hydrogen) atoms. The Morgan fingerprint density at radius 2 is 2.16 bits per heavy atom. The van der Waals surface area contributed by atoms with Crippen LogP contribution in [0, 0.1) is 6.92 Å². The lowest BCUT2D eigenvalue weighted by molar-refractivity contribution is 0.0697. The standard InChI is InChI=1S/C15H24N2O2/c1-4-5-6-7-8-12(3)17-14-13(15(18)19)11(2)9-10-16-14/h9-10,12H,4-8H2,1-3H3,(H,16,17)(H,18,19). The first kappa shape index (κ1) is 15.5. The zero-order chi connectivity index (χ0) is 14.3. The van der Waals surface area contributed by atoms with Crippen LogP contribution in [0.3, 0.4) is 0 Å². The Morgan fingerprint density at radius 1 is 1.42 bits per heavy atom. The molecule has 0 spiro atoms. The molecule has 1 rings (SSSR count). The molecular weight excluding hydrogens is 240 g/mol. The Bertz CT molecular complexity index is 419. The number of hydrogen-bond acceptors (Lipinski definition) is 3. The van der Waals surface area contributed by atoms with Crippen LogP contribution in [0.25, 0.3) is 0 Å². The van der Waals surface area contributed by atoms with Gasteiger partial charge in [0.25, 0.3) is 0 Å². The summed E-state index contributed by atoms with van der Waals surface area (Å²) < 4.78 is 0. The van der Waals surface area contributed by atoms with Gasteiger partial charge in [-0.15, -0.1) is 0 Å². The van der Waals surface area contributed by atoms with Gasteiger partial charge in [-0.05, 0) is 31.9 Å². The number of carboxylic acids is 1. The summed E-state index contributed by atoms with van der Waals surface area (Å²) in [6.07, 6.45) is 7.56. The second kappa shape index (κ2) is 7.77. The van der Waals surface area contributed by atoms with Gasteiger partial charge in [-0.25, -0.2) is 9.78 Å². The van der Waals surface area contributed by atoms with Crippen LogP contribution < -0.4 is 5.32 Å². The van der Waals surface area contributed by atoms with Gasteiger partial charge in [0.05, 0.1) is 0 Å². The number of aromatic carboxylic acids is 1. The van der Waals surface area contributed by atoms with Crippen LogP contribution in [0.4, 0.5) is 5.82 Å². The second-order valence-corrected chi connectivity index (χ2v) is 5.05. The number of unbranched alkanes of at least 4 members (excludes halogenated alkanes) is 3. The fourth-order valence-electron chi connectivity index (χ4n) is 2.12. The Hall–Kier alpha value is -1.58. The maximum Gasteiger partial charge on any atom is 0.339 e. The van der Waals surface area contributed by atoms with E-state index in [4.69, 9.17) is 0 Å². The van der Waals surface area contributed by atoms with E-state index in [2.05, 4.69) is 24.1 Å². The molecule has 1 aromatic heterocycles. The molecule has 1 aromatic rings. The Morgan fingerprint density at radius 3 is 2.79 bits per heavy atom. The molecule has 1 heterocycles. The number of carboxylic acid groups (broad SMARTS) is 1. The largest absolute Gasteiger partial charge is 0.478 e. The van der Waals surface area contributed by atoms with E-state index in [-0.39, 0.29) is 11.6 Å². The summed E-state index contributed by atoms with van der Waals surface area (Å²) in [5, 5.41) is 12.4. The van der Waals surface area contributed by atoms with Crippen LogP contribution in [0.1, 0.15) is 61.9 Å². The molecule has 0 saturated heterocycles. The molecule has 0 aliphatic rings. The maximum absolute atomic E-state index is 11.2. The lowest BCUT2D eigenvalue weighted by Gasteiger charge is -2.16. The lowest BCUT2D eigenvalue weighted by Crippen LogP contribution is -2.19. The number of aromatic nitrogens is 1. The van der Waals surface area contributed by atoms with Gasteiger partial charge in [-0.1, -0.05) is 32.6 Å². The molecule has 0 radical (unpaired) electrons. The van der Waals surface area contributed by atoms with Crippen molar-refractivity contribution in [2.24, 2.45) is 0 Å². The van der Waals surface area contributed by atoms with Gasteiger partial charge in [-0.2, -0.15) is 0 Å². The topological polar surface area (TPSA) is 62.2 Å². The molecule has 0 fully saturated rings. The summed E-state index contributed by atoms with van der Waals surface area (Å²) in [5.74, 6) is -0.443. The van der Waals surface area contributed by atoms with E-state index in [0.29, 0.717) is 5.82 Å². The first-order chi connectivity index (χ1) is 9.06. The fraction of sp³-hybridized carbons (Fsp3) is 0.600. The predicted octanol–water partition coefficient (Wildman–Crippen LogP) is 3.86. The van der Waals surface area contributed by atoms with E-state index in [0.717, 1.165) is 18.4 Å². The van der Waals surface area contributed by atoms with Crippen molar-refractivity contribution in [2.45, 2.75) is 58.9 Å². The molecule has 0 bridgehead atoms. The molecule has 1 atom stereocenters. The van der Waals surface area contributed by atoms with Crippen molar-refractivity contribution in [3.63, 3.8) is 0 Å². The second-order valence-electron chi connectivity index (χ2n) is 5.05. The van der Waals surface area contributed by atoms with E-state index in [1.165, 1.54) is 19.3 Å². The monoisotopic (exact) mass is 264 g/mol. The summed E-state index contributed by atoms with van der Waals surface area (Å²) >= 11 is 0. The zero-order valence-corrected chi connectivity index (χ0v) is 12.1. The van der Waals surface area contributed by atoms with Crippen molar-refractivity contribution < 1.29 is 9.90 Å². The third-order valence-electron chi connectivity index (χ3n) is 3.25. The molecule has 0 saturated carbocycles. The Balaban J connectivity index is 2.61. The summed E-state index contributed by atoms with van der Waals surface area (Å²) in [4.78, 5) is 15.4. The van der Waals surface area contributed by atoms with Gasteiger partial charge in [0.15, 0.2) is 0 Å². The quantitative estimate of drug-likeness (QED) is 0.700. The molecule has 4 heteroatoms. The van der Waals surface area contributed by atoms with Crippen LogP contribution in [0.2, 0.25) is 0 Å². The number of pyridine rings is 1. The highest BCUT2D eigenvalue weighted by atomic mass is 16.4. The first-order valence-electron chi connectivity index (χ1n) is 7.01. The molecule has 4 nitrogen and oxygen atoms in total. The summed E-state index contributed by atoms with van der Waals surface area (Å²) in [5.41, 5.74) is 1.02. The average molecular weight is 264 g/mol. The van der Waals surface area contributed by atoms with E-state index in [1.807, 2.05) is 0 Å². The van der Waals surface area contributed by atoms with Crippen LogP contribution in [0.5, 0.6) is 0 Å². The van der Waals surface area contributed by atoms with E-state index >= 15 is 0 Å². The smallest absolute Gasteiger partial charge is 0.339 e. The van der Waals surface area contributed by atoms with Gasteiger partial charge < -0.3 is 10.4 Å². The van der Waals surface area contributed by atoms with Gasteiger partial charge >= 0.3 is 5.97 Å². The maximum atomic E-state index is 11.2. The average Bonchev–Trinajstić information content (AvgIpc) is 2.34. The van der Waals surface area contributed by atoms with Gasteiger partial charge in [-0.3, -0.25) is 0 Å². The molecule has 106 valence electrons. The summed E-state index contributed by atoms with van der Waals surface area (Å²) in [6.45, 7) is 6.06. The Kier molecular flexibility index (Phi) is 6.33. The third-order valence-corrected chi connectivity index (χ3v) is 3.25. The van der Waals surface area contributed by atoms with Crippen molar-refractivity contribution >= 4 is 11.8 Å². The van der Waals surface area contributed by atoms with Crippen molar-refractivity contribution in [3.8, 4) is 0 Å². The highest BCUT2D eigenvalue weighted by Crippen LogP contribution is 2.18. The SMILES string of the molecule is CCCCCCC(C)Nc1nccc(C)c1C(=O)O. The minimum atomic E-state index is -0.925. The zero-order valence-electron chi connectivity index (χ0n) is 12.1. The number of rotatable bonds is 8. The first-order valence-corrected chi connectivity index (χ1v) is 7.01. The number of nitrogens with one attached hydrogen (secondary N) is 1. The number of nitrogens with zero attached hydrogens (tertiary/aromatic N) is 1. The van der Waals surface area contributed by atoms with E-state index < -0.39 is 5.97 Å². The van der Waals surface area contributed by atoms with Gasteiger partial charge in [0.2, 0.25) is 0 Å². The minimum Gasteiger partial charge on any atom is -0.478 e. The van der Waals surface area contributed by atoms with E-state index in [9.17, 15) is 9.90 Å². The van der Waals surface area contributed by atoms with Crippen LogP contribution in [-0.2, 0) is 0 Å². The molecule has 2 N–H and O–H groups in total. The summed E-state index contributed by atoms with van der Waals surface area (Å²) in [6, 6.07) is 1.96. The lowest BCUT2D eigenvalue weighted by atomic mass is 10.1. The van der Waals surface area contributed by atoms with Gasteiger partial charge in [0.1, 0.15) is 11.4 Å². The minimum absolute atomic E-state index is 0.240. The number of hydrogen-bond donors (Lipinski definition) is 2. The molecule has 0 amide bonds. The number of aryl methyl sites for hydroxylation is 1. The van der Waals surface area contributed by atoms with Gasteiger partial charge in [0, 0.05) is 12.2 Å². The normalized spacial score (nSPS) is 12.2. The fourth-order valence-corrected chi connectivity index (χ4v) is 2.12. The van der Waals surface area contributed by atoms with Crippen molar-refractivity contribution in [3.05, 3.63) is 23.4 Å². The highest BCUT2D eigenvalue weighted by molar-refractivity contribution is 5.94. The number of carbonyl (C=O) groups is 1.